The molecule has 0 saturated carbocycles. The van der Waals surface area contributed by atoms with Crippen LogP contribution in [-0.2, 0) is 11.3 Å². The van der Waals surface area contributed by atoms with Crippen molar-refractivity contribution in [1.82, 2.24) is 9.88 Å². The van der Waals surface area contributed by atoms with Gasteiger partial charge < -0.3 is 14.6 Å². The number of β-amino-alcohol motifs (C(OH)–C–C–N with tert-alkyl or cyclic N) is 1. The second kappa shape index (κ2) is 7.75. The molecule has 0 bridgehead atoms. The molecule has 1 aliphatic rings. The summed E-state index contributed by atoms with van der Waals surface area (Å²) in [6.45, 7) is 5.17. The summed E-state index contributed by atoms with van der Waals surface area (Å²) >= 11 is 0. The van der Waals surface area contributed by atoms with Crippen molar-refractivity contribution >= 4 is 0 Å². The fourth-order valence-corrected chi connectivity index (χ4v) is 2.90. The molecule has 1 N–H and O–H groups in total. The fraction of sp³-hybridized carbons (Fsp3) is 0.421. The highest BCUT2D eigenvalue weighted by Gasteiger charge is 2.33. The number of aryl methyl sites for hydroxylation is 1. The highest BCUT2D eigenvalue weighted by atomic mass is 16.5. The first-order valence-corrected chi connectivity index (χ1v) is 8.24. The largest absolute Gasteiger partial charge is 0.490 e. The lowest BCUT2D eigenvalue weighted by atomic mass is 10.1. The maximum Gasteiger partial charge on any atom is 0.134 e. The summed E-state index contributed by atoms with van der Waals surface area (Å²) < 4.78 is 11.5. The fourth-order valence-electron chi connectivity index (χ4n) is 2.90. The zero-order valence-corrected chi connectivity index (χ0v) is 14.0. The monoisotopic (exact) mass is 328 g/mol. The van der Waals surface area contributed by atoms with E-state index < -0.39 is 5.60 Å². The Morgan fingerprint density at radius 2 is 2.04 bits per heavy atom. The van der Waals surface area contributed by atoms with E-state index in [1.165, 1.54) is 5.56 Å². The topological polar surface area (TPSA) is 54.8 Å². The van der Waals surface area contributed by atoms with E-state index in [1.54, 1.807) is 12.4 Å². The Morgan fingerprint density at radius 1 is 1.25 bits per heavy atom. The van der Waals surface area contributed by atoms with E-state index in [1.807, 2.05) is 43.3 Å². The third kappa shape index (κ3) is 4.54. The Labute approximate surface area is 142 Å². The van der Waals surface area contributed by atoms with Crippen LogP contribution in [0.2, 0.25) is 0 Å². The lowest BCUT2D eigenvalue weighted by Gasteiger charge is -2.30. The van der Waals surface area contributed by atoms with Gasteiger partial charge in [-0.2, -0.15) is 0 Å². The first-order chi connectivity index (χ1) is 11.6. The van der Waals surface area contributed by atoms with Crippen LogP contribution in [0.5, 0.6) is 5.75 Å². The van der Waals surface area contributed by atoms with Crippen molar-refractivity contribution in [1.29, 1.82) is 0 Å². The summed E-state index contributed by atoms with van der Waals surface area (Å²) in [5.74, 6) is 0.802. The van der Waals surface area contributed by atoms with E-state index >= 15 is 0 Å². The van der Waals surface area contributed by atoms with Gasteiger partial charge in [-0.05, 0) is 36.2 Å². The zero-order chi connectivity index (χ0) is 16.8. The van der Waals surface area contributed by atoms with Crippen molar-refractivity contribution in [2.45, 2.75) is 19.1 Å². The Balaban J connectivity index is 1.63. The molecule has 1 aromatic heterocycles. The minimum absolute atomic E-state index is 0.213. The molecule has 1 fully saturated rings. The molecule has 5 nitrogen and oxygen atoms in total. The van der Waals surface area contributed by atoms with Gasteiger partial charge in [0.2, 0.25) is 0 Å². The highest BCUT2D eigenvalue weighted by molar-refractivity contribution is 5.31. The number of hydrogen-bond donors (Lipinski definition) is 1. The second-order valence-corrected chi connectivity index (χ2v) is 6.40. The van der Waals surface area contributed by atoms with Crippen molar-refractivity contribution in [2.24, 2.45) is 0 Å². The quantitative estimate of drug-likeness (QED) is 0.910. The van der Waals surface area contributed by atoms with Crippen molar-refractivity contribution in [3.05, 3.63) is 59.9 Å². The predicted molar refractivity (Wildman–Crippen MR) is 92.0 cm³/mol. The van der Waals surface area contributed by atoms with Crippen molar-refractivity contribution in [2.75, 3.05) is 32.9 Å². The second-order valence-electron chi connectivity index (χ2n) is 6.40. The molecule has 0 amide bonds. The number of ether oxygens (including phenoxy) is 2. The molecular weight excluding hydrogens is 304 g/mol. The van der Waals surface area contributed by atoms with Crippen LogP contribution in [0, 0.1) is 6.92 Å². The predicted octanol–water partition coefficient (Wildman–Crippen LogP) is 2.03. The molecule has 0 spiro atoms. The van der Waals surface area contributed by atoms with Crippen LogP contribution in [0.15, 0.2) is 48.8 Å². The van der Waals surface area contributed by atoms with E-state index in [9.17, 15) is 5.11 Å². The van der Waals surface area contributed by atoms with Gasteiger partial charge in [-0.25, -0.2) is 0 Å². The molecule has 1 saturated heterocycles. The van der Waals surface area contributed by atoms with Gasteiger partial charge in [0.05, 0.1) is 13.2 Å². The standard InChI is InChI=1S/C19H24N2O3/c1-16-4-2-3-5-18(16)24-15-19(22)13-21(10-11-23-14-19)12-17-6-8-20-9-7-17/h2-9,22H,10-15H2,1H3/t19-/m0/s1. The molecular formula is C19H24N2O3. The Bertz CT molecular complexity index is 650. The van der Waals surface area contributed by atoms with Crippen LogP contribution in [0.1, 0.15) is 11.1 Å². The molecule has 5 heteroatoms. The lowest BCUT2D eigenvalue weighted by Crippen LogP contribution is -2.48. The third-order valence-electron chi connectivity index (χ3n) is 4.19. The Hall–Kier alpha value is -1.95. The molecule has 3 rings (SSSR count). The van der Waals surface area contributed by atoms with E-state index in [-0.39, 0.29) is 13.2 Å². The lowest BCUT2D eigenvalue weighted by molar-refractivity contribution is -0.0647. The van der Waals surface area contributed by atoms with Crippen LogP contribution in [-0.4, -0.2) is 53.5 Å². The number of rotatable bonds is 5. The van der Waals surface area contributed by atoms with Gasteiger partial charge in [0.1, 0.15) is 18.0 Å². The number of benzene rings is 1. The molecule has 2 heterocycles. The summed E-state index contributed by atoms with van der Waals surface area (Å²) in [6.07, 6.45) is 3.58. The van der Waals surface area contributed by atoms with Gasteiger partial charge in [-0.15, -0.1) is 0 Å². The number of nitrogens with zero attached hydrogens (tertiary/aromatic N) is 2. The van der Waals surface area contributed by atoms with Crippen LogP contribution in [0.4, 0.5) is 0 Å². The van der Waals surface area contributed by atoms with Crippen LogP contribution in [0.3, 0.4) is 0 Å². The van der Waals surface area contributed by atoms with Crippen molar-refractivity contribution < 1.29 is 14.6 Å². The minimum Gasteiger partial charge on any atom is -0.490 e. The SMILES string of the molecule is Cc1ccccc1OC[C@@]1(O)COCCN(Cc2ccncc2)C1. The van der Waals surface area contributed by atoms with E-state index in [4.69, 9.17) is 9.47 Å². The molecule has 128 valence electrons. The van der Waals surface area contributed by atoms with Crippen molar-refractivity contribution in [3.8, 4) is 5.75 Å². The van der Waals surface area contributed by atoms with Gasteiger partial charge in [0.15, 0.2) is 0 Å². The number of para-hydroxylation sites is 1. The number of aromatic nitrogens is 1. The van der Waals surface area contributed by atoms with Gasteiger partial charge in [-0.1, -0.05) is 18.2 Å². The summed E-state index contributed by atoms with van der Waals surface area (Å²) in [5, 5.41) is 10.9. The maximum atomic E-state index is 10.9. The molecule has 0 radical (unpaired) electrons. The average molecular weight is 328 g/mol. The average Bonchev–Trinajstić information content (AvgIpc) is 2.77. The molecule has 1 aliphatic heterocycles. The molecule has 1 atom stereocenters. The van der Waals surface area contributed by atoms with Crippen LogP contribution >= 0.6 is 0 Å². The van der Waals surface area contributed by atoms with Gasteiger partial charge >= 0.3 is 0 Å². The molecule has 24 heavy (non-hydrogen) atoms. The third-order valence-corrected chi connectivity index (χ3v) is 4.19. The number of pyridine rings is 1. The van der Waals surface area contributed by atoms with Gasteiger partial charge in [0.25, 0.3) is 0 Å². The molecule has 2 aromatic rings. The summed E-state index contributed by atoms with van der Waals surface area (Å²) in [7, 11) is 0. The van der Waals surface area contributed by atoms with E-state index in [0.29, 0.717) is 13.2 Å². The molecule has 0 unspecified atom stereocenters. The van der Waals surface area contributed by atoms with E-state index in [0.717, 1.165) is 24.4 Å². The molecule has 0 aliphatic carbocycles. The maximum absolute atomic E-state index is 10.9. The normalized spacial score (nSPS) is 22.1. The van der Waals surface area contributed by atoms with Gasteiger partial charge in [-0.3, -0.25) is 9.88 Å². The van der Waals surface area contributed by atoms with E-state index in [2.05, 4.69) is 9.88 Å². The van der Waals surface area contributed by atoms with Gasteiger partial charge in [0, 0.05) is 32.0 Å². The Morgan fingerprint density at radius 3 is 2.83 bits per heavy atom. The minimum atomic E-state index is -1.02. The smallest absolute Gasteiger partial charge is 0.134 e. The first-order valence-electron chi connectivity index (χ1n) is 8.24. The Kier molecular flexibility index (Phi) is 5.45. The van der Waals surface area contributed by atoms with Crippen molar-refractivity contribution in [3.63, 3.8) is 0 Å². The number of hydrogen-bond acceptors (Lipinski definition) is 5. The first kappa shape index (κ1) is 16.9. The van der Waals surface area contributed by atoms with Crippen LogP contribution < -0.4 is 4.74 Å². The molecule has 1 aromatic carbocycles. The zero-order valence-electron chi connectivity index (χ0n) is 14.0. The highest BCUT2D eigenvalue weighted by Crippen LogP contribution is 2.20. The summed E-state index contributed by atoms with van der Waals surface area (Å²) in [6, 6.07) is 11.8. The summed E-state index contributed by atoms with van der Waals surface area (Å²) in [5.41, 5.74) is 1.21. The number of aliphatic hydroxyl groups is 1. The summed E-state index contributed by atoms with van der Waals surface area (Å²) in [4.78, 5) is 6.24. The van der Waals surface area contributed by atoms with Crippen LogP contribution in [0.25, 0.3) is 0 Å².